The molecular weight excluding hydrogens is 400 g/mol. The van der Waals surface area contributed by atoms with Gasteiger partial charge in [0, 0.05) is 30.3 Å². The van der Waals surface area contributed by atoms with Gasteiger partial charge in [-0.1, -0.05) is 57.6 Å². The Morgan fingerprint density at radius 1 is 1.23 bits per heavy atom. The Morgan fingerprint density at radius 2 is 2.03 bits per heavy atom. The summed E-state index contributed by atoms with van der Waals surface area (Å²) < 4.78 is 0. The fourth-order valence-corrected chi connectivity index (χ4v) is 4.76. The SMILES string of the molecule is CCCCC[C@H](O)/C=C/[C@@H]1C(CCCCCCC(=O)Nc2nccs2)[C@@H](O)C[C@H]1O. The Bertz CT molecular complexity index is 623. The highest BCUT2D eigenvalue weighted by Crippen LogP contribution is 2.37. The lowest BCUT2D eigenvalue weighted by molar-refractivity contribution is -0.116. The second-order valence-corrected chi connectivity index (χ2v) is 9.29. The van der Waals surface area contributed by atoms with Crippen LogP contribution in [0.2, 0.25) is 0 Å². The van der Waals surface area contributed by atoms with Crippen molar-refractivity contribution in [2.75, 3.05) is 5.32 Å². The van der Waals surface area contributed by atoms with Crippen molar-refractivity contribution in [3.05, 3.63) is 23.7 Å². The monoisotopic (exact) mass is 438 g/mol. The fraction of sp³-hybridized carbons (Fsp3) is 0.739. The van der Waals surface area contributed by atoms with E-state index in [9.17, 15) is 20.1 Å². The molecule has 0 aliphatic heterocycles. The van der Waals surface area contributed by atoms with Crippen molar-refractivity contribution in [2.45, 2.75) is 95.9 Å². The van der Waals surface area contributed by atoms with E-state index in [1.807, 2.05) is 11.5 Å². The molecule has 2 rings (SSSR count). The largest absolute Gasteiger partial charge is 0.393 e. The molecule has 0 radical (unpaired) electrons. The number of thiazole rings is 1. The molecule has 170 valence electrons. The van der Waals surface area contributed by atoms with Gasteiger partial charge >= 0.3 is 0 Å². The summed E-state index contributed by atoms with van der Waals surface area (Å²) in [5.41, 5.74) is 0. The third-order valence-electron chi connectivity index (χ3n) is 5.94. The first-order chi connectivity index (χ1) is 14.5. The van der Waals surface area contributed by atoms with Crippen molar-refractivity contribution in [1.82, 2.24) is 4.98 Å². The third kappa shape index (κ3) is 8.84. The third-order valence-corrected chi connectivity index (χ3v) is 6.63. The zero-order valence-electron chi connectivity index (χ0n) is 18.1. The molecule has 1 aliphatic rings. The summed E-state index contributed by atoms with van der Waals surface area (Å²) in [5.74, 6) is -0.0563. The van der Waals surface area contributed by atoms with E-state index >= 15 is 0 Å². The summed E-state index contributed by atoms with van der Waals surface area (Å²) in [6.45, 7) is 2.14. The first-order valence-corrected chi connectivity index (χ1v) is 12.3. The maximum Gasteiger partial charge on any atom is 0.226 e. The molecule has 1 aliphatic carbocycles. The van der Waals surface area contributed by atoms with E-state index in [0.717, 1.165) is 57.8 Å². The van der Waals surface area contributed by atoms with E-state index in [-0.39, 0.29) is 17.7 Å². The van der Waals surface area contributed by atoms with Crippen molar-refractivity contribution >= 4 is 22.4 Å². The number of rotatable bonds is 14. The van der Waals surface area contributed by atoms with E-state index in [4.69, 9.17) is 0 Å². The highest BCUT2D eigenvalue weighted by atomic mass is 32.1. The number of amides is 1. The quantitative estimate of drug-likeness (QED) is 0.256. The van der Waals surface area contributed by atoms with Gasteiger partial charge in [0.05, 0.1) is 18.3 Å². The molecule has 4 N–H and O–H groups in total. The first kappa shape index (κ1) is 25.0. The van der Waals surface area contributed by atoms with Crippen LogP contribution in [-0.2, 0) is 4.79 Å². The normalized spacial score (nSPS) is 25.1. The maximum atomic E-state index is 11.9. The number of nitrogens with one attached hydrogen (secondary N) is 1. The van der Waals surface area contributed by atoms with Gasteiger partial charge in [-0.15, -0.1) is 11.3 Å². The number of unbranched alkanes of at least 4 members (excludes halogenated alkanes) is 5. The molecule has 7 heteroatoms. The fourth-order valence-electron chi connectivity index (χ4n) is 4.22. The van der Waals surface area contributed by atoms with E-state index in [1.165, 1.54) is 11.3 Å². The number of hydrogen-bond acceptors (Lipinski definition) is 6. The van der Waals surface area contributed by atoms with Crippen LogP contribution in [0.1, 0.15) is 77.6 Å². The minimum Gasteiger partial charge on any atom is -0.393 e. The Kier molecular flexibility index (Phi) is 11.6. The predicted octanol–water partition coefficient (Wildman–Crippen LogP) is 4.28. The molecule has 5 atom stereocenters. The molecular formula is C23H38N2O4S. The number of carbonyl (C=O) groups is 1. The molecule has 1 amide bonds. The van der Waals surface area contributed by atoms with Gasteiger partial charge < -0.3 is 20.6 Å². The minimum atomic E-state index is -0.543. The lowest BCUT2D eigenvalue weighted by Gasteiger charge is -2.21. The molecule has 30 heavy (non-hydrogen) atoms. The summed E-state index contributed by atoms with van der Waals surface area (Å²) in [5, 5.41) is 36.0. The van der Waals surface area contributed by atoms with Crippen LogP contribution in [0.5, 0.6) is 0 Å². The van der Waals surface area contributed by atoms with Gasteiger partial charge in [-0.3, -0.25) is 4.79 Å². The number of hydrogen-bond donors (Lipinski definition) is 4. The highest BCUT2D eigenvalue weighted by molar-refractivity contribution is 7.13. The minimum absolute atomic E-state index is 0.00184. The van der Waals surface area contributed by atoms with E-state index < -0.39 is 18.3 Å². The number of aromatic nitrogens is 1. The molecule has 1 unspecified atom stereocenters. The Hall–Kier alpha value is -1.28. The zero-order chi connectivity index (χ0) is 21.8. The number of aliphatic hydroxyl groups is 3. The lowest BCUT2D eigenvalue weighted by Crippen LogP contribution is -2.21. The molecule has 0 saturated heterocycles. The van der Waals surface area contributed by atoms with Gasteiger partial charge in [-0.05, 0) is 25.2 Å². The predicted molar refractivity (Wildman–Crippen MR) is 121 cm³/mol. The summed E-state index contributed by atoms with van der Waals surface area (Å²) in [7, 11) is 0. The molecule has 1 saturated carbocycles. The average molecular weight is 439 g/mol. The van der Waals surface area contributed by atoms with Crippen LogP contribution in [0, 0.1) is 11.8 Å². The Morgan fingerprint density at radius 3 is 2.77 bits per heavy atom. The molecule has 1 fully saturated rings. The van der Waals surface area contributed by atoms with Crippen LogP contribution in [0.15, 0.2) is 23.7 Å². The second kappa shape index (κ2) is 13.9. The molecule has 1 aromatic rings. The van der Waals surface area contributed by atoms with Crippen molar-refractivity contribution < 1.29 is 20.1 Å². The Balaban J connectivity index is 1.65. The Labute approximate surface area is 184 Å². The average Bonchev–Trinajstić information content (AvgIpc) is 3.30. The van der Waals surface area contributed by atoms with Gasteiger partial charge in [0.1, 0.15) is 0 Å². The van der Waals surface area contributed by atoms with Crippen LogP contribution in [-0.4, -0.2) is 44.5 Å². The van der Waals surface area contributed by atoms with Crippen LogP contribution < -0.4 is 5.32 Å². The molecule has 0 spiro atoms. The number of aliphatic hydroxyl groups excluding tert-OH is 3. The van der Waals surface area contributed by atoms with E-state index in [0.29, 0.717) is 18.0 Å². The summed E-state index contributed by atoms with van der Waals surface area (Å²) in [6.07, 6.45) is 13.4. The summed E-state index contributed by atoms with van der Waals surface area (Å²) >= 11 is 1.42. The van der Waals surface area contributed by atoms with Crippen LogP contribution in [0.4, 0.5) is 5.13 Å². The summed E-state index contributed by atoms with van der Waals surface area (Å²) in [6, 6.07) is 0. The van der Waals surface area contributed by atoms with Crippen molar-refractivity contribution in [3.8, 4) is 0 Å². The molecule has 0 aromatic carbocycles. The maximum absolute atomic E-state index is 11.9. The second-order valence-electron chi connectivity index (χ2n) is 8.40. The molecule has 6 nitrogen and oxygen atoms in total. The van der Waals surface area contributed by atoms with Crippen molar-refractivity contribution in [2.24, 2.45) is 11.8 Å². The van der Waals surface area contributed by atoms with E-state index in [1.54, 1.807) is 12.3 Å². The van der Waals surface area contributed by atoms with Crippen molar-refractivity contribution in [1.29, 1.82) is 0 Å². The van der Waals surface area contributed by atoms with Crippen molar-refractivity contribution in [3.63, 3.8) is 0 Å². The standard InChI is InChI=1S/C23H38N2O4S/c1-2-3-6-9-17(26)12-13-19-18(20(27)16-21(19)28)10-7-4-5-8-11-22(29)25-23-24-14-15-30-23/h12-15,17-21,26-28H,2-11,16H2,1H3,(H,24,25,29)/b13-12+/t17-,18?,19+,20-,21+/m0/s1. The van der Waals surface area contributed by atoms with Gasteiger partial charge in [0.2, 0.25) is 5.91 Å². The number of anilines is 1. The smallest absolute Gasteiger partial charge is 0.226 e. The topological polar surface area (TPSA) is 103 Å². The van der Waals surface area contributed by atoms with Gasteiger partial charge in [0.15, 0.2) is 5.13 Å². The molecule has 0 bridgehead atoms. The van der Waals surface area contributed by atoms with Crippen LogP contribution >= 0.6 is 11.3 Å². The molecule has 1 heterocycles. The highest BCUT2D eigenvalue weighted by Gasteiger charge is 2.39. The van der Waals surface area contributed by atoms with Crippen LogP contribution in [0.3, 0.4) is 0 Å². The van der Waals surface area contributed by atoms with Crippen LogP contribution in [0.25, 0.3) is 0 Å². The van der Waals surface area contributed by atoms with Gasteiger partial charge in [-0.25, -0.2) is 4.98 Å². The number of carbonyl (C=O) groups excluding carboxylic acids is 1. The van der Waals surface area contributed by atoms with Gasteiger partial charge in [0.25, 0.3) is 0 Å². The summed E-state index contributed by atoms with van der Waals surface area (Å²) in [4.78, 5) is 15.9. The number of nitrogens with zero attached hydrogens (tertiary/aromatic N) is 1. The molecule has 1 aromatic heterocycles. The lowest BCUT2D eigenvalue weighted by atomic mass is 9.88. The van der Waals surface area contributed by atoms with Gasteiger partial charge in [-0.2, -0.15) is 0 Å². The zero-order valence-corrected chi connectivity index (χ0v) is 18.9. The first-order valence-electron chi connectivity index (χ1n) is 11.4. The van der Waals surface area contributed by atoms with E-state index in [2.05, 4.69) is 17.2 Å².